The van der Waals surface area contributed by atoms with Gasteiger partial charge in [0.05, 0.1) is 17.4 Å². The quantitative estimate of drug-likeness (QED) is 0.471. The first-order chi connectivity index (χ1) is 11.1. The number of hydrogen-bond donors (Lipinski definition) is 0. The Morgan fingerprint density at radius 1 is 1.35 bits per heavy atom. The van der Waals surface area contributed by atoms with Gasteiger partial charge in [-0.05, 0) is 37.7 Å². The summed E-state index contributed by atoms with van der Waals surface area (Å²) in [4.78, 5) is 28.6. The monoisotopic (exact) mass is 319 g/mol. The fourth-order valence-corrected chi connectivity index (χ4v) is 3.05. The SMILES string of the molecule is O=C(OCC1CCN(c2ncccc2[N+](=O)[O-])CC1)C1CCC1. The Morgan fingerprint density at radius 3 is 2.70 bits per heavy atom. The second-order valence-electron chi connectivity index (χ2n) is 6.29. The van der Waals surface area contributed by atoms with Crippen molar-refractivity contribution in [2.24, 2.45) is 11.8 Å². The molecule has 1 saturated heterocycles. The maximum atomic E-state index is 11.8. The van der Waals surface area contributed by atoms with Gasteiger partial charge < -0.3 is 9.64 Å². The van der Waals surface area contributed by atoms with Crippen LogP contribution in [0.5, 0.6) is 0 Å². The Hall–Kier alpha value is -2.18. The minimum atomic E-state index is -0.394. The average molecular weight is 319 g/mol. The van der Waals surface area contributed by atoms with Gasteiger partial charge >= 0.3 is 11.7 Å². The molecule has 23 heavy (non-hydrogen) atoms. The van der Waals surface area contributed by atoms with E-state index in [1.807, 2.05) is 4.90 Å². The van der Waals surface area contributed by atoms with Gasteiger partial charge in [0.25, 0.3) is 0 Å². The molecule has 1 aliphatic carbocycles. The molecule has 2 heterocycles. The fraction of sp³-hybridized carbons (Fsp3) is 0.625. The number of esters is 1. The van der Waals surface area contributed by atoms with Crippen LogP contribution in [0.2, 0.25) is 0 Å². The molecule has 7 heteroatoms. The van der Waals surface area contributed by atoms with Gasteiger partial charge in [-0.3, -0.25) is 14.9 Å². The highest BCUT2D eigenvalue weighted by molar-refractivity contribution is 5.73. The van der Waals surface area contributed by atoms with Crippen molar-refractivity contribution in [2.75, 3.05) is 24.6 Å². The van der Waals surface area contributed by atoms with Crippen molar-refractivity contribution in [3.05, 3.63) is 28.4 Å². The molecule has 0 radical (unpaired) electrons. The molecule has 0 bridgehead atoms. The predicted octanol–water partition coefficient (Wildman–Crippen LogP) is 2.55. The minimum Gasteiger partial charge on any atom is -0.465 e. The van der Waals surface area contributed by atoms with Crippen molar-refractivity contribution in [3.8, 4) is 0 Å². The van der Waals surface area contributed by atoms with Crippen molar-refractivity contribution < 1.29 is 14.5 Å². The van der Waals surface area contributed by atoms with Crippen molar-refractivity contribution in [1.82, 2.24) is 4.98 Å². The lowest BCUT2D eigenvalue weighted by atomic mass is 9.85. The molecule has 2 aliphatic rings. The summed E-state index contributed by atoms with van der Waals surface area (Å²) >= 11 is 0. The minimum absolute atomic E-state index is 0.0439. The molecule has 1 saturated carbocycles. The lowest BCUT2D eigenvalue weighted by molar-refractivity contribution is -0.384. The van der Waals surface area contributed by atoms with Crippen LogP contribution in [0.25, 0.3) is 0 Å². The summed E-state index contributed by atoms with van der Waals surface area (Å²) in [6.07, 6.45) is 6.33. The van der Waals surface area contributed by atoms with E-state index in [4.69, 9.17) is 4.74 Å². The number of anilines is 1. The van der Waals surface area contributed by atoms with Crippen molar-refractivity contribution in [1.29, 1.82) is 0 Å². The third-order valence-corrected chi connectivity index (χ3v) is 4.78. The van der Waals surface area contributed by atoms with Crippen molar-refractivity contribution in [3.63, 3.8) is 0 Å². The van der Waals surface area contributed by atoms with Crippen LogP contribution in [-0.2, 0) is 9.53 Å². The van der Waals surface area contributed by atoms with Crippen LogP contribution in [0, 0.1) is 22.0 Å². The van der Waals surface area contributed by atoms with Crippen LogP contribution < -0.4 is 4.90 Å². The normalized spacial score (nSPS) is 19.2. The molecule has 0 aromatic carbocycles. The molecule has 0 spiro atoms. The first-order valence-corrected chi connectivity index (χ1v) is 8.16. The zero-order valence-electron chi connectivity index (χ0n) is 13.0. The number of piperidine rings is 1. The smallest absolute Gasteiger partial charge is 0.311 e. The van der Waals surface area contributed by atoms with Gasteiger partial charge in [-0.15, -0.1) is 0 Å². The number of carbonyl (C=O) groups is 1. The Kier molecular flexibility index (Phi) is 4.73. The third kappa shape index (κ3) is 3.60. The number of ether oxygens (including phenoxy) is 1. The van der Waals surface area contributed by atoms with Gasteiger partial charge in [0.2, 0.25) is 5.82 Å². The summed E-state index contributed by atoms with van der Waals surface area (Å²) in [6.45, 7) is 1.86. The number of pyridine rings is 1. The molecule has 1 aromatic rings. The highest BCUT2D eigenvalue weighted by atomic mass is 16.6. The summed E-state index contributed by atoms with van der Waals surface area (Å²) in [7, 11) is 0. The largest absolute Gasteiger partial charge is 0.465 e. The number of nitrogens with zero attached hydrogens (tertiary/aromatic N) is 3. The van der Waals surface area contributed by atoms with E-state index in [1.54, 1.807) is 12.3 Å². The second-order valence-corrected chi connectivity index (χ2v) is 6.29. The lowest BCUT2D eigenvalue weighted by Gasteiger charge is -2.32. The second kappa shape index (κ2) is 6.93. The molecular weight excluding hydrogens is 298 g/mol. The molecule has 1 aliphatic heterocycles. The van der Waals surface area contributed by atoms with E-state index in [0.29, 0.717) is 31.4 Å². The van der Waals surface area contributed by atoms with E-state index in [9.17, 15) is 14.9 Å². The number of carbonyl (C=O) groups excluding carboxylic acids is 1. The Labute approximate surface area is 134 Å². The van der Waals surface area contributed by atoms with Gasteiger partial charge in [-0.25, -0.2) is 4.98 Å². The molecule has 2 fully saturated rings. The molecule has 124 valence electrons. The van der Waals surface area contributed by atoms with Gasteiger partial charge in [-0.1, -0.05) is 6.42 Å². The van der Waals surface area contributed by atoms with Gasteiger partial charge in [0.1, 0.15) is 0 Å². The Bertz CT molecular complexity index is 580. The number of hydrogen-bond acceptors (Lipinski definition) is 6. The van der Waals surface area contributed by atoms with Crippen LogP contribution in [-0.4, -0.2) is 35.6 Å². The summed E-state index contributed by atoms with van der Waals surface area (Å²) < 4.78 is 5.41. The highest BCUT2D eigenvalue weighted by Crippen LogP contribution is 2.30. The van der Waals surface area contributed by atoms with E-state index in [1.165, 1.54) is 6.07 Å². The molecule has 0 N–H and O–H groups in total. The van der Waals surface area contributed by atoms with Crippen LogP contribution >= 0.6 is 0 Å². The average Bonchev–Trinajstić information content (AvgIpc) is 2.52. The molecule has 0 amide bonds. The van der Waals surface area contributed by atoms with Crippen LogP contribution in [0.3, 0.4) is 0 Å². The maximum Gasteiger partial charge on any atom is 0.311 e. The van der Waals surface area contributed by atoms with Crippen LogP contribution in [0.4, 0.5) is 11.5 Å². The summed E-state index contributed by atoms with van der Waals surface area (Å²) in [5.74, 6) is 0.825. The summed E-state index contributed by atoms with van der Waals surface area (Å²) in [6, 6.07) is 3.06. The van der Waals surface area contributed by atoms with Gasteiger partial charge in [-0.2, -0.15) is 0 Å². The zero-order valence-corrected chi connectivity index (χ0v) is 13.0. The zero-order chi connectivity index (χ0) is 16.2. The standard InChI is InChI=1S/C16H21N3O4/c20-16(13-3-1-4-13)23-11-12-6-9-18(10-7-12)15-14(19(21)22)5-2-8-17-15/h2,5,8,12-13H,1,3-4,6-7,9-11H2. The summed E-state index contributed by atoms with van der Waals surface area (Å²) in [5, 5.41) is 11.1. The van der Waals surface area contributed by atoms with E-state index in [2.05, 4.69) is 4.98 Å². The molecule has 0 unspecified atom stereocenters. The molecule has 3 rings (SSSR count). The van der Waals surface area contributed by atoms with Crippen molar-refractivity contribution in [2.45, 2.75) is 32.1 Å². The number of rotatable bonds is 5. The molecular formula is C16H21N3O4. The van der Waals surface area contributed by atoms with Crippen LogP contribution in [0.15, 0.2) is 18.3 Å². The first kappa shape index (κ1) is 15.7. The lowest BCUT2D eigenvalue weighted by Crippen LogP contribution is -2.36. The number of nitro groups is 1. The molecule has 1 aromatic heterocycles. The topological polar surface area (TPSA) is 85.6 Å². The molecule has 7 nitrogen and oxygen atoms in total. The first-order valence-electron chi connectivity index (χ1n) is 8.16. The Balaban J connectivity index is 1.50. The van der Waals surface area contributed by atoms with E-state index in [-0.39, 0.29) is 17.6 Å². The van der Waals surface area contributed by atoms with E-state index < -0.39 is 4.92 Å². The molecule has 0 atom stereocenters. The highest BCUT2D eigenvalue weighted by Gasteiger charge is 2.29. The predicted molar refractivity (Wildman–Crippen MR) is 84.1 cm³/mol. The van der Waals surface area contributed by atoms with Gasteiger partial charge in [0, 0.05) is 25.4 Å². The number of aromatic nitrogens is 1. The summed E-state index contributed by atoms with van der Waals surface area (Å²) in [5.41, 5.74) is 0.0439. The Morgan fingerprint density at radius 2 is 2.09 bits per heavy atom. The van der Waals surface area contributed by atoms with Gasteiger partial charge in [0.15, 0.2) is 0 Å². The maximum absolute atomic E-state index is 11.8. The van der Waals surface area contributed by atoms with Crippen LogP contribution in [0.1, 0.15) is 32.1 Å². The van der Waals surface area contributed by atoms with Crippen molar-refractivity contribution >= 4 is 17.5 Å². The van der Waals surface area contributed by atoms with E-state index >= 15 is 0 Å². The fourth-order valence-electron chi connectivity index (χ4n) is 3.05. The van der Waals surface area contributed by atoms with E-state index in [0.717, 1.165) is 32.1 Å². The third-order valence-electron chi connectivity index (χ3n) is 4.78.